The highest BCUT2D eigenvalue weighted by Gasteiger charge is 2.35. The van der Waals surface area contributed by atoms with Crippen LogP contribution in [0.3, 0.4) is 0 Å². The van der Waals surface area contributed by atoms with Crippen molar-refractivity contribution < 1.29 is 22.4 Å². The molecule has 214 valence electrons. The van der Waals surface area contributed by atoms with Crippen LogP contribution in [0.2, 0.25) is 0 Å². The molecule has 40 heavy (non-hydrogen) atoms. The van der Waals surface area contributed by atoms with Gasteiger partial charge in [0.15, 0.2) is 0 Å². The van der Waals surface area contributed by atoms with Crippen LogP contribution in [0.1, 0.15) is 50.8 Å². The molecule has 0 aromatic heterocycles. The molecular weight excluding hydrogens is 529 g/mol. The maximum absolute atomic E-state index is 15.0. The number of anilines is 1. The molecule has 0 spiro atoms. The molecule has 0 radical (unpaired) electrons. The van der Waals surface area contributed by atoms with Crippen LogP contribution in [0.25, 0.3) is 0 Å². The van der Waals surface area contributed by atoms with Crippen molar-refractivity contribution in [2.45, 2.75) is 71.0 Å². The molecule has 3 aromatic carbocycles. The van der Waals surface area contributed by atoms with Gasteiger partial charge in [0.2, 0.25) is 11.8 Å². The molecule has 0 saturated heterocycles. The zero-order chi connectivity index (χ0) is 29.7. The molecule has 0 aliphatic rings. The van der Waals surface area contributed by atoms with Crippen LogP contribution < -0.4 is 9.62 Å². The van der Waals surface area contributed by atoms with Crippen LogP contribution in [-0.4, -0.2) is 43.3 Å². The highest BCUT2D eigenvalue weighted by atomic mass is 32.2. The van der Waals surface area contributed by atoms with Crippen molar-refractivity contribution in [3.05, 3.63) is 95.3 Å². The lowest BCUT2D eigenvalue weighted by molar-refractivity contribution is -0.141. The number of benzene rings is 3. The number of rotatable bonds is 10. The summed E-state index contributed by atoms with van der Waals surface area (Å²) in [6, 6.07) is 18.2. The molecule has 7 nitrogen and oxygen atoms in total. The standard InChI is InChI=1S/C31H38FN3O4S/c1-7-27(30(37)33-31(4,5)6)34(20-24-12-10-11-23(3)19-24)29(36)21-35(28-14-9-8-13-26(28)32)40(38,39)25-17-15-22(2)16-18-25/h8-19,27H,7,20-21H2,1-6H3,(H,33,37). The Hall–Kier alpha value is -3.72. The van der Waals surface area contributed by atoms with E-state index in [4.69, 9.17) is 0 Å². The summed E-state index contributed by atoms with van der Waals surface area (Å²) in [4.78, 5) is 28.7. The average molecular weight is 568 g/mol. The molecule has 1 unspecified atom stereocenters. The number of aryl methyl sites for hydroxylation is 2. The Morgan fingerprint density at radius 2 is 1.57 bits per heavy atom. The van der Waals surface area contributed by atoms with E-state index in [9.17, 15) is 18.0 Å². The number of hydrogen-bond donors (Lipinski definition) is 1. The van der Waals surface area contributed by atoms with Gasteiger partial charge in [0, 0.05) is 12.1 Å². The first kappa shape index (κ1) is 30.8. The third-order valence-corrected chi connectivity index (χ3v) is 8.10. The van der Waals surface area contributed by atoms with Crippen LogP contribution in [0.15, 0.2) is 77.7 Å². The summed E-state index contributed by atoms with van der Waals surface area (Å²) >= 11 is 0. The van der Waals surface area contributed by atoms with E-state index in [-0.39, 0.29) is 23.0 Å². The van der Waals surface area contributed by atoms with Crippen LogP contribution in [-0.2, 0) is 26.2 Å². The van der Waals surface area contributed by atoms with Crippen molar-refractivity contribution in [2.24, 2.45) is 0 Å². The van der Waals surface area contributed by atoms with Crippen molar-refractivity contribution in [2.75, 3.05) is 10.8 Å². The third kappa shape index (κ3) is 7.69. The van der Waals surface area contributed by atoms with Crippen molar-refractivity contribution in [1.29, 1.82) is 0 Å². The molecule has 0 fully saturated rings. The smallest absolute Gasteiger partial charge is 0.264 e. The van der Waals surface area contributed by atoms with Crippen molar-refractivity contribution in [3.8, 4) is 0 Å². The van der Waals surface area contributed by atoms with Crippen molar-refractivity contribution >= 4 is 27.5 Å². The number of carbonyl (C=O) groups excluding carboxylic acids is 2. The van der Waals surface area contributed by atoms with Crippen LogP contribution in [0, 0.1) is 19.7 Å². The predicted octanol–water partition coefficient (Wildman–Crippen LogP) is 5.36. The van der Waals surface area contributed by atoms with E-state index in [1.54, 1.807) is 19.1 Å². The molecule has 0 heterocycles. The first-order chi connectivity index (χ1) is 18.7. The van der Waals surface area contributed by atoms with E-state index < -0.39 is 39.9 Å². The molecule has 9 heteroatoms. The maximum atomic E-state index is 15.0. The molecule has 2 amide bonds. The third-order valence-electron chi connectivity index (χ3n) is 6.33. The van der Waals surface area contributed by atoms with Gasteiger partial charge < -0.3 is 10.2 Å². The second-order valence-electron chi connectivity index (χ2n) is 11.0. The molecule has 0 aliphatic carbocycles. The summed E-state index contributed by atoms with van der Waals surface area (Å²) in [5.74, 6) is -1.76. The fourth-order valence-electron chi connectivity index (χ4n) is 4.38. The lowest BCUT2D eigenvalue weighted by atomic mass is 10.0. The Morgan fingerprint density at radius 1 is 0.925 bits per heavy atom. The van der Waals surface area contributed by atoms with Gasteiger partial charge in [0.1, 0.15) is 18.4 Å². The maximum Gasteiger partial charge on any atom is 0.264 e. The number of para-hydroxylation sites is 1. The molecule has 3 aromatic rings. The van der Waals surface area contributed by atoms with Gasteiger partial charge in [-0.25, -0.2) is 12.8 Å². The van der Waals surface area contributed by atoms with Crippen molar-refractivity contribution in [1.82, 2.24) is 10.2 Å². The van der Waals surface area contributed by atoms with Gasteiger partial charge >= 0.3 is 0 Å². The Morgan fingerprint density at radius 3 is 2.15 bits per heavy atom. The number of hydrogen-bond acceptors (Lipinski definition) is 4. The largest absolute Gasteiger partial charge is 0.350 e. The van der Waals surface area contributed by atoms with Crippen LogP contribution in [0.5, 0.6) is 0 Å². The van der Waals surface area contributed by atoms with Gasteiger partial charge in [-0.1, -0.05) is 66.6 Å². The molecule has 3 rings (SSSR count). The number of carbonyl (C=O) groups is 2. The van der Waals surface area contributed by atoms with Gasteiger partial charge in [0.25, 0.3) is 10.0 Å². The summed E-state index contributed by atoms with van der Waals surface area (Å²) in [5, 5.41) is 2.93. The fraction of sp³-hybridized carbons (Fsp3) is 0.355. The molecule has 0 saturated carbocycles. The van der Waals surface area contributed by atoms with E-state index in [2.05, 4.69) is 5.32 Å². The zero-order valence-electron chi connectivity index (χ0n) is 23.9. The Bertz CT molecular complexity index is 1450. The minimum Gasteiger partial charge on any atom is -0.350 e. The van der Waals surface area contributed by atoms with E-state index in [1.807, 2.05) is 58.9 Å². The number of halogens is 1. The summed E-state index contributed by atoms with van der Waals surface area (Å²) in [5.41, 5.74) is 1.82. The summed E-state index contributed by atoms with van der Waals surface area (Å²) in [6.07, 6.45) is 0.296. The normalized spacial score (nSPS) is 12.5. The van der Waals surface area contributed by atoms with E-state index in [0.717, 1.165) is 27.1 Å². The molecule has 0 aliphatic heterocycles. The highest BCUT2D eigenvalue weighted by molar-refractivity contribution is 7.92. The number of sulfonamides is 1. The minimum atomic E-state index is -4.34. The zero-order valence-corrected chi connectivity index (χ0v) is 24.8. The van der Waals surface area contributed by atoms with Crippen LogP contribution >= 0.6 is 0 Å². The van der Waals surface area contributed by atoms with Gasteiger partial charge in [-0.15, -0.1) is 0 Å². The second kappa shape index (κ2) is 12.6. The SMILES string of the molecule is CCC(C(=O)NC(C)(C)C)N(Cc1cccc(C)c1)C(=O)CN(c1ccccc1F)S(=O)(=O)c1ccc(C)cc1. The highest BCUT2D eigenvalue weighted by Crippen LogP contribution is 2.27. The van der Waals surface area contributed by atoms with E-state index in [0.29, 0.717) is 6.42 Å². The Balaban J connectivity index is 2.09. The summed E-state index contributed by atoms with van der Waals surface area (Å²) in [7, 11) is -4.34. The number of amides is 2. The molecule has 1 N–H and O–H groups in total. The Labute approximate surface area is 237 Å². The predicted molar refractivity (Wildman–Crippen MR) is 156 cm³/mol. The quantitative estimate of drug-likeness (QED) is 0.357. The molecule has 1 atom stereocenters. The fourth-order valence-corrected chi connectivity index (χ4v) is 5.81. The second-order valence-corrected chi connectivity index (χ2v) is 12.8. The lowest BCUT2D eigenvalue weighted by Gasteiger charge is -2.35. The summed E-state index contributed by atoms with van der Waals surface area (Å²) < 4.78 is 43.5. The van der Waals surface area contributed by atoms with E-state index in [1.165, 1.54) is 35.2 Å². The van der Waals surface area contributed by atoms with E-state index >= 15 is 4.39 Å². The van der Waals surface area contributed by atoms with Crippen LogP contribution in [0.4, 0.5) is 10.1 Å². The Kier molecular flexibility index (Phi) is 9.73. The van der Waals surface area contributed by atoms with Gasteiger partial charge in [-0.3, -0.25) is 13.9 Å². The molecular formula is C31H38FN3O4S. The van der Waals surface area contributed by atoms with Gasteiger partial charge in [0.05, 0.1) is 10.6 Å². The average Bonchev–Trinajstić information content (AvgIpc) is 2.86. The minimum absolute atomic E-state index is 0.0723. The topological polar surface area (TPSA) is 86.8 Å². The van der Waals surface area contributed by atoms with Gasteiger partial charge in [-0.2, -0.15) is 0 Å². The summed E-state index contributed by atoms with van der Waals surface area (Å²) in [6.45, 7) is 10.5. The first-order valence-corrected chi connectivity index (χ1v) is 14.7. The monoisotopic (exact) mass is 567 g/mol. The first-order valence-electron chi connectivity index (χ1n) is 13.2. The number of nitrogens with one attached hydrogen (secondary N) is 1. The number of nitrogens with zero attached hydrogens (tertiary/aromatic N) is 2. The molecule has 0 bridgehead atoms. The lowest BCUT2D eigenvalue weighted by Crippen LogP contribution is -2.55. The van der Waals surface area contributed by atoms with Gasteiger partial charge in [-0.05, 0) is 70.9 Å². The van der Waals surface area contributed by atoms with Crippen molar-refractivity contribution in [3.63, 3.8) is 0 Å².